The van der Waals surface area contributed by atoms with E-state index >= 15 is 0 Å². The molecule has 31 heavy (non-hydrogen) atoms. The topological polar surface area (TPSA) is 121 Å². The highest BCUT2D eigenvalue weighted by Gasteiger charge is 2.65. The van der Waals surface area contributed by atoms with Crippen molar-refractivity contribution in [2.75, 3.05) is 5.32 Å². The minimum atomic E-state index is -1.53. The van der Waals surface area contributed by atoms with E-state index in [0.29, 0.717) is 22.8 Å². The maximum Gasteiger partial charge on any atom is 0.339 e. The van der Waals surface area contributed by atoms with Crippen LogP contribution in [0.5, 0.6) is 0 Å². The number of aliphatic carboxylic acids is 1. The van der Waals surface area contributed by atoms with E-state index in [1.165, 1.54) is 23.5 Å². The number of anilines is 1. The number of halogens is 1. The number of carbonyl (C=O) groups is 3. The summed E-state index contributed by atoms with van der Waals surface area (Å²) in [6, 6.07) is 4.97. The summed E-state index contributed by atoms with van der Waals surface area (Å²) in [7, 11) is 0. The third kappa shape index (κ3) is 5.08. The van der Waals surface area contributed by atoms with E-state index in [9.17, 15) is 23.9 Å². The number of aromatic nitrogens is 1. The molecule has 1 saturated heterocycles. The van der Waals surface area contributed by atoms with Gasteiger partial charge in [-0.05, 0) is 43.0 Å². The standard InChI is InChI=1S/C21H24FN3O5S/c1-4-21(19(28)29)16(30-21)18(27)23-14(9-11(2)3)17(26)25-20-24-15(10-31-20)12-5-7-13(22)8-6-12/h5-8,10-11,14,16H,4,9H2,1-3H3,(H,23,27)(H,28,29)(H,24,25,26)/t14-,16-,21+/m0/s1. The molecule has 3 N–H and O–H groups in total. The van der Waals surface area contributed by atoms with Gasteiger partial charge < -0.3 is 20.5 Å². The molecule has 1 aromatic carbocycles. The van der Waals surface area contributed by atoms with Crippen LogP contribution in [-0.2, 0) is 19.1 Å². The van der Waals surface area contributed by atoms with Crippen LogP contribution < -0.4 is 10.6 Å². The van der Waals surface area contributed by atoms with Crippen molar-refractivity contribution in [2.45, 2.75) is 51.4 Å². The monoisotopic (exact) mass is 449 g/mol. The van der Waals surface area contributed by atoms with Crippen molar-refractivity contribution in [3.63, 3.8) is 0 Å². The lowest BCUT2D eigenvalue weighted by Gasteiger charge is -2.19. The molecule has 0 spiro atoms. The Balaban J connectivity index is 1.67. The third-order valence-electron chi connectivity index (χ3n) is 5.03. The minimum Gasteiger partial charge on any atom is -0.479 e. The zero-order valence-electron chi connectivity index (χ0n) is 17.3. The Morgan fingerprint density at radius 3 is 2.52 bits per heavy atom. The van der Waals surface area contributed by atoms with Crippen LogP contribution in [0.25, 0.3) is 11.3 Å². The number of thiazole rings is 1. The van der Waals surface area contributed by atoms with Gasteiger partial charge in [-0.1, -0.05) is 20.8 Å². The van der Waals surface area contributed by atoms with Gasteiger partial charge >= 0.3 is 5.97 Å². The molecular formula is C21H24FN3O5S. The Labute approximate surface area is 182 Å². The number of benzene rings is 1. The Morgan fingerprint density at radius 1 is 1.29 bits per heavy atom. The lowest BCUT2D eigenvalue weighted by Crippen LogP contribution is -2.47. The van der Waals surface area contributed by atoms with Crippen molar-refractivity contribution in [1.29, 1.82) is 0 Å². The Bertz CT molecular complexity index is 978. The predicted octanol–water partition coefficient (Wildman–Crippen LogP) is 3.05. The molecule has 2 amide bonds. The molecular weight excluding hydrogens is 425 g/mol. The molecule has 1 aliphatic rings. The Kier molecular flexibility index (Phi) is 6.71. The number of nitrogens with zero attached hydrogens (tertiary/aromatic N) is 1. The van der Waals surface area contributed by atoms with Crippen LogP contribution in [0.15, 0.2) is 29.6 Å². The second-order valence-electron chi connectivity index (χ2n) is 7.77. The van der Waals surface area contributed by atoms with E-state index in [4.69, 9.17) is 4.74 Å². The fourth-order valence-electron chi connectivity index (χ4n) is 3.25. The van der Waals surface area contributed by atoms with Crippen molar-refractivity contribution >= 4 is 34.3 Å². The summed E-state index contributed by atoms with van der Waals surface area (Å²) in [5, 5.41) is 16.7. The number of epoxide rings is 1. The van der Waals surface area contributed by atoms with Crippen molar-refractivity contribution in [3.05, 3.63) is 35.5 Å². The number of carbonyl (C=O) groups excluding carboxylic acids is 2. The van der Waals surface area contributed by atoms with E-state index in [-0.39, 0.29) is 18.2 Å². The van der Waals surface area contributed by atoms with Crippen LogP contribution in [0.3, 0.4) is 0 Å². The lowest BCUT2D eigenvalue weighted by atomic mass is 10.00. The number of hydrogen-bond donors (Lipinski definition) is 3. The molecule has 0 aliphatic carbocycles. The van der Waals surface area contributed by atoms with Gasteiger partial charge in [-0.15, -0.1) is 11.3 Å². The Morgan fingerprint density at radius 2 is 1.97 bits per heavy atom. The molecule has 1 aliphatic heterocycles. The number of amides is 2. The summed E-state index contributed by atoms with van der Waals surface area (Å²) in [4.78, 5) is 41.1. The summed E-state index contributed by atoms with van der Waals surface area (Å²) in [6.07, 6.45) is -0.623. The van der Waals surface area contributed by atoms with E-state index in [1.54, 1.807) is 24.4 Å². The van der Waals surface area contributed by atoms with Gasteiger partial charge in [0.05, 0.1) is 5.69 Å². The highest BCUT2D eigenvalue weighted by Crippen LogP contribution is 2.40. The zero-order valence-corrected chi connectivity index (χ0v) is 18.2. The van der Waals surface area contributed by atoms with Crippen LogP contribution >= 0.6 is 11.3 Å². The minimum absolute atomic E-state index is 0.0950. The molecule has 0 saturated carbocycles. The number of carboxylic acid groups (broad SMARTS) is 1. The summed E-state index contributed by atoms with van der Waals surface area (Å²) in [6.45, 7) is 5.44. The van der Waals surface area contributed by atoms with Gasteiger partial charge in [0, 0.05) is 10.9 Å². The zero-order chi connectivity index (χ0) is 22.8. The third-order valence-corrected chi connectivity index (χ3v) is 5.79. The van der Waals surface area contributed by atoms with E-state index < -0.39 is 35.5 Å². The van der Waals surface area contributed by atoms with Crippen molar-refractivity contribution in [3.8, 4) is 11.3 Å². The first kappa shape index (κ1) is 22.8. The van der Waals surface area contributed by atoms with E-state index in [0.717, 1.165) is 0 Å². The summed E-state index contributed by atoms with van der Waals surface area (Å²) in [5.74, 6) is -2.54. The van der Waals surface area contributed by atoms with Crippen LogP contribution in [0.4, 0.5) is 9.52 Å². The van der Waals surface area contributed by atoms with Crippen LogP contribution in [0, 0.1) is 11.7 Å². The van der Waals surface area contributed by atoms with Crippen molar-refractivity contribution < 1.29 is 28.6 Å². The maximum absolute atomic E-state index is 13.1. The SMILES string of the molecule is CC[C@@]1(C(=O)O)O[C@H]1C(=O)N[C@@H](CC(C)C)C(=O)Nc1nc(-c2ccc(F)cc2)cs1. The second-order valence-corrected chi connectivity index (χ2v) is 8.63. The van der Waals surface area contributed by atoms with Gasteiger partial charge in [0.15, 0.2) is 11.2 Å². The molecule has 10 heteroatoms. The van der Waals surface area contributed by atoms with Gasteiger partial charge in [0.25, 0.3) is 5.91 Å². The summed E-state index contributed by atoms with van der Waals surface area (Å²) >= 11 is 1.21. The second kappa shape index (κ2) is 9.11. The van der Waals surface area contributed by atoms with E-state index in [1.807, 2.05) is 13.8 Å². The molecule has 166 valence electrons. The molecule has 0 unspecified atom stereocenters. The average Bonchev–Trinajstić information content (AvgIpc) is 3.32. The Hall–Kier alpha value is -2.85. The first-order valence-corrected chi connectivity index (χ1v) is 10.8. The number of carboxylic acids is 1. The first-order valence-electron chi connectivity index (χ1n) is 9.90. The molecule has 2 heterocycles. The molecule has 0 bridgehead atoms. The number of nitrogens with one attached hydrogen (secondary N) is 2. The van der Waals surface area contributed by atoms with Gasteiger partial charge in [-0.3, -0.25) is 9.59 Å². The summed E-state index contributed by atoms with van der Waals surface area (Å²) < 4.78 is 18.3. The molecule has 3 rings (SSSR count). The van der Waals surface area contributed by atoms with Crippen LogP contribution in [0.1, 0.15) is 33.6 Å². The van der Waals surface area contributed by atoms with Crippen LogP contribution in [-0.4, -0.2) is 45.6 Å². The summed E-state index contributed by atoms with van der Waals surface area (Å²) in [5.41, 5.74) is -0.228. The quantitative estimate of drug-likeness (QED) is 0.506. The molecule has 8 nitrogen and oxygen atoms in total. The predicted molar refractivity (Wildman–Crippen MR) is 113 cm³/mol. The molecule has 1 fully saturated rings. The lowest BCUT2D eigenvalue weighted by molar-refractivity contribution is -0.143. The van der Waals surface area contributed by atoms with E-state index in [2.05, 4.69) is 15.6 Å². The number of rotatable bonds is 9. The average molecular weight is 450 g/mol. The highest BCUT2D eigenvalue weighted by molar-refractivity contribution is 7.14. The fourth-order valence-corrected chi connectivity index (χ4v) is 3.97. The number of hydrogen-bond acceptors (Lipinski definition) is 6. The van der Waals surface area contributed by atoms with Gasteiger partial charge in [-0.2, -0.15) is 0 Å². The van der Waals surface area contributed by atoms with Gasteiger partial charge in [-0.25, -0.2) is 14.2 Å². The molecule has 1 aromatic heterocycles. The van der Waals surface area contributed by atoms with Crippen molar-refractivity contribution in [1.82, 2.24) is 10.3 Å². The van der Waals surface area contributed by atoms with Crippen molar-refractivity contribution in [2.24, 2.45) is 5.92 Å². The number of ether oxygens (including phenoxy) is 1. The normalized spacial score (nSPS) is 20.9. The highest BCUT2D eigenvalue weighted by atomic mass is 32.1. The maximum atomic E-state index is 13.1. The largest absolute Gasteiger partial charge is 0.479 e. The van der Waals surface area contributed by atoms with Gasteiger partial charge in [0.2, 0.25) is 11.5 Å². The molecule has 3 atom stereocenters. The first-order chi connectivity index (χ1) is 14.7. The molecule has 2 aromatic rings. The smallest absolute Gasteiger partial charge is 0.339 e. The fraction of sp³-hybridized carbons (Fsp3) is 0.429. The molecule has 0 radical (unpaired) electrons. The van der Waals surface area contributed by atoms with Gasteiger partial charge in [0.1, 0.15) is 11.9 Å². The van der Waals surface area contributed by atoms with Crippen LogP contribution in [0.2, 0.25) is 0 Å².